The number of carbonyl (C=O) groups excluding carboxylic acids is 1. The van der Waals surface area contributed by atoms with E-state index < -0.39 is 37.4 Å². The Bertz CT molecular complexity index is 572. The van der Waals surface area contributed by atoms with Gasteiger partial charge in [-0.25, -0.2) is 13.8 Å². The average molecular weight is 339 g/mol. The molecule has 2 aliphatic heterocycles. The van der Waals surface area contributed by atoms with Gasteiger partial charge in [0, 0.05) is 25.7 Å². The van der Waals surface area contributed by atoms with Gasteiger partial charge in [0.25, 0.3) is 11.8 Å². The van der Waals surface area contributed by atoms with Crippen molar-refractivity contribution in [1.29, 1.82) is 0 Å². The number of aliphatic hydroxyl groups excluding tert-OH is 1. The summed E-state index contributed by atoms with van der Waals surface area (Å²) in [6, 6.07) is 2.58. The number of nitrogens with zero attached hydrogens (tertiary/aromatic N) is 3. The van der Waals surface area contributed by atoms with Crippen LogP contribution < -0.4 is 4.90 Å². The van der Waals surface area contributed by atoms with Crippen LogP contribution in [0.1, 0.15) is 42.5 Å². The normalized spacial score (nSPS) is 24.0. The molecule has 3 heterocycles. The molecule has 1 N–H and O–H groups in total. The number of carbonyl (C=O) groups is 1. The van der Waals surface area contributed by atoms with Crippen molar-refractivity contribution < 1.29 is 18.7 Å². The van der Waals surface area contributed by atoms with Gasteiger partial charge in [0.05, 0.1) is 24.8 Å². The minimum Gasteiger partial charge on any atom is -0.394 e. The molecule has 0 spiro atoms. The lowest BCUT2D eigenvalue weighted by atomic mass is 10.2. The van der Waals surface area contributed by atoms with Crippen LogP contribution in [0.3, 0.4) is 0 Å². The van der Waals surface area contributed by atoms with E-state index in [9.17, 15) is 18.7 Å². The molecular weight excluding hydrogens is 316 g/mol. The predicted molar refractivity (Wildman–Crippen MR) is 86.4 cm³/mol. The highest BCUT2D eigenvalue weighted by molar-refractivity contribution is 5.94. The smallest absolute Gasteiger partial charge is 0.267 e. The molecule has 1 unspecified atom stereocenters. The fourth-order valence-electron chi connectivity index (χ4n) is 3.46. The Labute approximate surface area is 140 Å². The molecule has 0 aromatic carbocycles. The first-order chi connectivity index (χ1) is 11.5. The summed E-state index contributed by atoms with van der Waals surface area (Å²) in [4.78, 5) is 20.1. The second-order valence-electron chi connectivity index (χ2n) is 6.64. The van der Waals surface area contributed by atoms with Crippen LogP contribution >= 0.6 is 0 Å². The number of amides is 1. The maximum atomic E-state index is 13.5. The number of hydrogen-bond donors (Lipinski definition) is 1. The van der Waals surface area contributed by atoms with Gasteiger partial charge < -0.3 is 14.9 Å². The number of alkyl halides is 2. The summed E-state index contributed by atoms with van der Waals surface area (Å²) in [5.41, 5.74) is 0.282. The summed E-state index contributed by atoms with van der Waals surface area (Å²) >= 11 is 0. The largest absolute Gasteiger partial charge is 0.394 e. The summed E-state index contributed by atoms with van der Waals surface area (Å²) in [7, 11) is 0. The number of rotatable bonds is 3. The van der Waals surface area contributed by atoms with E-state index in [2.05, 4.69) is 9.88 Å². The molecular formula is C17H23F2N3O2. The summed E-state index contributed by atoms with van der Waals surface area (Å²) in [5.74, 6) is -2.62. The molecule has 5 nitrogen and oxygen atoms in total. The van der Waals surface area contributed by atoms with Gasteiger partial charge in [-0.3, -0.25) is 4.79 Å². The predicted octanol–water partition coefficient (Wildman–Crippen LogP) is 2.30. The van der Waals surface area contributed by atoms with Crippen molar-refractivity contribution in [3.8, 4) is 0 Å². The van der Waals surface area contributed by atoms with Gasteiger partial charge in [0.2, 0.25) is 0 Å². The van der Waals surface area contributed by atoms with Crippen LogP contribution in [0.2, 0.25) is 0 Å². The van der Waals surface area contributed by atoms with E-state index >= 15 is 0 Å². The highest BCUT2D eigenvalue weighted by Gasteiger charge is 2.46. The maximum Gasteiger partial charge on any atom is 0.267 e. The number of halogens is 2. The van der Waals surface area contributed by atoms with Crippen molar-refractivity contribution >= 4 is 11.7 Å². The van der Waals surface area contributed by atoms with Gasteiger partial charge in [-0.05, 0) is 25.0 Å². The highest BCUT2D eigenvalue weighted by atomic mass is 19.3. The zero-order chi connectivity index (χ0) is 17.2. The van der Waals surface area contributed by atoms with Gasteiger partial charge in [-0.2, -0.15) is 0 Å². The molecule has 1 amide bonds. The molecule has 2 fully saturated rings. The van der Waals surface area contributed by atoms with Crippen LogP contribution in [0, 0.1) is 0 Å². The van der Waals surface area contributed by atoms with Crippen LogP contribution in [0.5, 0.6) is 0 Å². The van der Waals surface area contributed by atoms with E-state index in [1.54, 1.807) is 12.1 Å². The third kappa shape index (κ3) is 3.66. The molecule has 1 aromatic heterocycles. The summed E-state index contributed by atoms with van der Waals surface area (Å²) in [5, 5.41) is 9.26. The molecule has 7 heteroatoms. The second-order valence-corrected chi connectivity index (χ2v) is 6.64. The van der Waals surface area contributed by atoms with Crippen LogP contribution in [0.4, 0.5) is 14.6 Å². The van der Waals surface area contributed by atoms with Crippen LogP contribution in [0.15, 0.2) is 18.3 Å². The zero-order valence-electron chi connectivity index (χ0n) is 13.6. The molecule has 132 valence electrons. The van der Waals surface area contributed by atoms with Gasteiger partial charge in [-0.15, -0.1) is 0 Å². The fraction of sp³-hybridized carbons (Fsp3) is 0.647. The molecule has 24 heavy (non-hydrogen) atoms. The van der Waals surface area contributed by atoms with E-state index in [1.807, 2.05) is 0 Å². The Morgan fingerprint density at radius 1 is 1.25 bits per heavy atom. The molecule has 0 saturated carbocycles. The molecule has 3 rings (SSSR count). The van der Waals surface area contributed by atoms with E-state index in [4.69, 9.17) is 0 Å². The van der Waals surface area contributed by atoms with Crippen molar-refractivity contribution in [1.82, 2.24) is 9.88 Å². The van der Waals surface area contributed by atoms with Crippen LogP contribution in [0.25, 0.3) is 0 Å². The molecule has 0 radical (unpaired) electrons. The number of anilines is 1. The van der Waals surface area contributed by atoms with E-state index in [0.717, 1.165) is 36.6 Å². The Morgan fingerprint density at radius 2 is 1.96 bits per heavy atom. The Morgan fingerprint density at radius 3 is 2.54 bits per heavy atom. The molecule has 0 aliphatic carbocycles. The van der Waals surface area contributed by atoms with E-state index in [-0.39, 0.29) is 5.56 Å². The highest BCUT2D eigenvalue weighted by Crippen LogP contribution is 2.32. The van der Waals surface area contributed by atoms with E-state index in [0.29, 0.717) is 0 Å². The number of aliphatic hydroxyl groups is 1. The third-order valence-corrected chi connectivity index (χ3v) is 4.77. The van der Waals surface area contributed by atoms with Crippen molar-refractivity contribution in [2.24, 2.45) is 0 Å². The number of hydrogen-bond acceptors (Lipinski definition) is 4. The maximum absolute atomic E-state index is 13.5. The lowest BCUT2D eigenvalue weighted by Gasteiger charge is -2.23. The Kier molecular flexibility index (Phi) is 4.99. The van der Waals surface area contributed by atoms with E-state index in [1.165, 1.54) is 19.0 Å². The first kappa shape index (κ1) is 17.1. The summed E-state index contributed by atoms with van der Waals surface area (Å²) in [6.07, 6.45) is 5.66. The Balaban J connectivity index is 1.71. The minimum atomic E-state index is -2.94. The van der Waals surface area contributed by atoms with Crippen molar-refractivity contribution in [3.63, 3.8) is 0 Å². The van der Waals surface area contributed by atoms with Gasteiger partial charge in [0.1, 0.15) is 5.82 Å². The third-order valence-electron chi connectivity index (χ3n) is 4.77. The lowest BCUT2D eigenvalue weighted by Crippen LogP contribution is -2.38. The van der Waals surface area contributed by atoms with Crippen LogP contribution in [-0.4, -0.2) is 59.1 Å². The summed E-state index contributed by atoms with van der Waals surface area (Å²) in [6.45, 7) is 0.794. The standard InChI is InChI=1S/C17H23F2N3O2/c18-17(19)9-14(11-23)22(12-17)16(24)13-5-6-15(20-10-13)21-7-3-1-2-4-8-21/h5-6,10,14,23H,1-4,7-9,11-12H2. The van der Waals surface area contributed by atoms with Crippen molar-refractivity contribution in [2.45, 2.75) is 44.1 Å². The molecule has 2 saturated heterocycles. The SMILES string of the molecule is O=C(c1ccc(N2CCCCCC2)nc1)N1CC(F)(F)CC1CO. The van der Waals surface area contributed by atoms with Gasteiger partial charge in [-0.1, -0.05) is 12.8 Å². The number of pyridine rings is 1. The Hall–Kier alpha value is -1.76. The zero-order valence-corrected chi connectivity index (χ0v) is 13.6. The molecule has 1 atom stereocenters. The first-order valence-electron chi connectivity index (χ1n) is 8.51. The van der Waals surface area contributed by atoms with Crippen molar-refractivity contribution in [3.05, 3.63) is 23.9 Å². The second kappa shape index (κ2) is 7.01. The lowest BCUT2D eigenvalue weighted by molar-refractivity contribution is 0.0116. The van der Waals surface area contributed by atoms with Crippen molar-refractivity contribution in [2.75, 3.05) is 31.1 Å². The average Bonchev–Trinajstić information content (AvgIpc) is 2.76. The molecule has 2 aliphatic rings. The van der Waals surface area contributed by atoms with Gasteiger partial charge >= 0.3 is 0 Å². The fourth-order valence-corrected chi connectivity index (χ4v) is 3.46. The molecule has 1 aromatic rings. The monoisotopic (exact) mass is 339 g/mol. The number of aromatic nitrogens is 1. The van der Waals surface area contributed by atoms with Gasteiger partial charge in [0.15, 0.2) is 0 Å². The first-order valence-corrected chi connectivity index (χ1v) is 8.51. The number of likely N-dealkylation sites (tertiary alicyclic amines) is 1. The molecule has 0 bridgehead atoms. The summed E-state index contributed by atoms with van der Waals surface area (Å²) < 4.78 is 27.1. The quantitative estimate of drug-likeness (QED) is 0.918. The topological polar surface area (TPSA) is 56.7 Å². The minimum absolute atomic E-state index is 0.282. The van der Waals surface area contributed by atoms with Crippen LogP contribution in [-0.2, 0) is 0 Å².